The maximum Gasteiger partial charge on any atom is 0.227 e. The van der Waals surface area contributed by atoms with Gasteiger partial charge in [-0.3, -0.25) is 4.79 Å². The number of hydrogen-bond acceptors (Lipinski definition) is 3. The van der Waals surface area contributed by atoms with Gasteiger partial charge < -0.3 is 15.2 Å². The van der Waals surface area contributed by atoms with E-state index in [1.165, 1.54) is 6.42 Å². The first-order chi connectivity index (χ1) is 10.6. The molecule has 1 aromatic heterocycles. The molecule has 2 N–H and O–H groups in total. The first-order valence-electron chi connectivity index (χ1n) is 8.18. The Labute approximate surface area is 131 Å². The van der Waals surface area contributed by atoms with Gasteiger partial charge in [-0.2, -0.15) is 0 Å². The SMILES string of the molecule is CCN(CC)c1cc2nc(C)[nH]c2cc1NC(=O)C1CCC1. The van der Waals surface area contributed by atoms with Crippen LogP contribution in [0.1, 0.15) is 38.9 Å². The molecule has 0 spiro atoms. The fraction of sp³-hybridized carbons (Fsp3) is 0.529. The van der Waals surface area contributed by atoms with Crippen LogP contribution >= 0.6 is 0 Å². The lowest BCUT2D eigenvalue weighted by Gasteiger charge is -2.27. The molecule has 1 aromatic carbocycles. The maximum atomic E-state index is 12.3. The number of imidazole rings is 1. The van der Waals surface area contributed by atoms with Gasteiger partial charge in [-0.1, -0.05) is 6.42 Å². The number of hydrogen-bond donors (Lipinski definition) is 2. The number of aromatic nitrogens is 2. The molecule has 0 saturated heterocycles. The van der Waals surface area contributed by atoms with E-state index in [-0.39, 0.29) is 11.8 Å². The molecule has 0 atom stereocenters. The Balaban J connectivity index is 1.99. The van der Waals surface area contributed by atoms with Crippen molar-refractivity contribution < 1.29 is 4.79 Å². The van der Waals surface area contributed by atoms with Gasteiger partial charge >= 0.3 is 0 Å². The van der Waals surface area contributed by atoms with Crippen LogP contribution in [0.3, 0.4) is 0 Å². The predicted molar refractivity (Wildman–Crippen MR) is 90.4 cm³/mol. The Bertz CT molecular complexity index is 683. The molecule has 0 unspecified atom stereocenters. The number of aromatic amines is 1. The summed E-state index contributed by atoms with van der Waals surface area (Å²) in [7, 11) is 0. The third-order valence-corrected chi connectivity index (χ3v) is 4.56. The van der Waals surface area contributed by atoms with Gasteiger partial charge in [0.15, 0.2) is 0 Å². The summed E-state index contributed by atoms with van der Waals surface area (Å²) in [5, 5.41) is 3.13. The molecule has 3 rings (SSSR count). The Hall–Kier alpha value is -2.04. The lowest BCUT2D eigenvalue weighted by molar-refractivity contribution is -0.122. The zero-order valence-electron chi connectivity index (χ0n) is 13.6. The van der Waals surface area contributed by atoms with E-state index in [0.717, 1.165) is 54.2 Å². The van der Waals surface area contributed by atoms with E-state index in [9.17, 15) is 4.79 Å². The topological polar surface area (TPSA) is 61.0 Å². The summed E-state index contributed by atoms with van der Waals surface area (Å²) in [5.41, 5.74) is 3.85. The third kappa shape index (κ3) is 2.67. The molecule has 1 amide bonds. The smallest absolute Gasteiger partial charge is 0.227 e. The van der Waals surface area contributed by atoms with Crippen LogP contribution in [0.25, 0.3) is 11.0 Å². The Kier molecular flexibility index (Phi) is 4.05. The number of nitrogens with zero attached hydrogens (tertiary/aromatic N) is 2. The first kappa shape index (κ1) is 14.9. The molecule has 0 radical (unpaired) electrons. The van der Waals surface area contributed by atoms with Crippen molar-refractivity contribution in [3.63, 3.8) is 0 Å². The van der Waals surface area contributed by atoms with Crippen LogP contribution in [0.4, 0.5) is 11.4 Å². The van der Waals surface area contributed by atoms with Gasteiger partial charge in [0, 0.05) is 19.0 Å². The summed E-state index contributed by atoms with van der Waals surface area (Å²) in [4.78, 5) is 22.3. The number of nitrogens with one attached hydrogen (secondary N) is 2. The minimum Gasteiger partial charge on any atom is -0.370 e. The summed E-state index contributed by atoms with van der Waals surface area (Å²) >= 11 is 0. The van der Waals surface area contributed by atoms with Gasteiger partial charge in [-0.25, -0.2) is 4.98 Å². The van der Waals surface area contributed by atoms with Crippen molar-refractivity contribution in [2.24, 2.45) is 5.92 Å². The molecule has 118 valence electrons. The Morgan fingerprint density at radius 2 is 2.09 bits per heavy atom. The number of carbonyl (C=O) groups excluding carboxylic acids is 1. The Morgan fingerprint density at radius 1 is 1.36 bits per heavy atom. The summed E-state index contributed by atoms with van der Waals surface area (Å²) in [6.45, 7) is 8.00. The molecule has 1 aliphatic carbocycles. The number of fused-ring (bicyclic) bond motifs is 1. The highest BCUT2D eigenvalue weighted by Crippen LogP contribution is 2.33. The second-order valence-corrected chi connectivity index (χ2v) is 6.00. The van der Waals surface area contributed by atoms with Crippen LogP contribution in [-0.4, -0.2) is 29.0 Å². The van der Waals surface area contributed by atoms with E-state index in [2.05, 4.69) is 40.1 Å². The summed E-state index contributed by atoms with van der Waals surface area (Å²) < 4.78 is 0. The van der Waals surface area contributed by atoms with Gasteiger partial charge in [-0.15, -0.1) is 0 Å². The molecule has 1 aliphatic rings. The molecule has 5 heteroatoms. The molecular formula is C17H24N4O. The average Bonchev–Trinajstić information content (AvgIpc) is 2.77. The normalized spacial score (nSPS) is 14.9. The van der Waals surface area contributed by atoms with Crippen molar-refractivity contribution in [2.45, 2.75) is 40.0 Å². The zero-order chi connectivity index (χ0) is 15.7. The van der Waals surface area contributed by atoms with Gasteiger partial charge in [-0.05, 0) is 45.7 Å². The van der Waals surface area contributed by atoms with Crippen molar-refractivity contribution in [2.75, 3.05) is 23.3 Å². The number of anilines is 2. The van der Waals surface area contributed by atoms with E-state index in [4.69, 9.17) is 0 Å². The van der Waals surface area contributed by atoms with E-state index < -0.39 is 0 Å². The van der Waals surface area contributed by atoms with E-state index >= 15 is 0 Å². The maximum absolute atomic E-state index is 12.3. The number of benzene rings is 1. The lowest BCUT2D eigenvalue weighted by Crippen LogP contribution is -2.29. The minimum absolute atomic E-state index is 0.148. The molecule has 1 saturated carbocycles. The van der Waals surface area contributed by atoms with Crippen LogP contribution in [0, 0.1) is 12.8 Å². The van der Waals surface area contributed by atoms with Crippen LogP contribution in [0.2, 0.25) is 0 Å². The van der Waals surface area contributed by atoms with Crippen LogP contribution in [0.5, 0.6) is 0 Å². The predicted octanol–water partition coefficient (Wildman–Crippen LogP) is 3.46. The highest BCUT2D eigenvalue weighted by molar-refractivity contribution is 5.99. The summed E-state index contributed by atoms with van der Waals surface area (Å²) in [6, 6.07) is 4.09. The van der Waals surface area contributed by atoms with E-state index in [1.54, 1.807) is 0 Å². The molecular weight excluding hydrogens is 276 g/mol. The molecule has 2 aromatic rings. The van der Waals surface area contributed by atoms with Crippen molar-refractivity contribution in [1.82, 2.24) is 9.97 Å². The highest BCUT2D eigenvalue weighted by Gasteiger charge is 2.26. The molecule has 22 heavy (non-hydrogen) atoms. The molecule has 1 fully saturated rings. The average molecular weight is 300 g/mol. The number of aryl methyl sites for hydroxylation is 1. The number of rotatable bonds is 5. The molecule has 0 aliphatic heterocycles. The van der Waals surface area contributed by atoms with Crippen LogP contribution in [0.15, 0.2) is 12.1 Å². The lowest BCUT2D eigenvalue weighted by atomic mass is 9.85. The highest BCUT2D eigenvalue weighted by atomic mass is 16.1. The van der Waals surface area contributed by atoms with Gasteiger partial charge in [0.2, 0.25) is 5.91 Å². The first-order valence-corrected chi connectivity index (χ1v) is 8.18. The Morgan fingerprint density at radius 3 is 2.68 bits per heavy atom. The van der Waals surface area contributed by atoms with Crippen molar-refractivity contribution in [3.05, 3.63) is 18.0 Å². The standard InChI is InChI=1S/C17H24N4O/c1-4-21(5-2)16-10-14-13(18-11(3)19-14)9-15(16)20-17(22)12-7-6-8-12/h9-10,12H,4-8H2,1-3H3,(H,18,19)(H,20,22). The fourth-order valence-electron chi connectivity index (χ4n) is 3.00. The largest absolute Gasteiger partial charge is 0.370 e. The van der Waals surface area contributed by atoms with Crippen LogP contribution in [-0.2, 0) is 4.79 Å². The molecule has 5 nitrogen and oxygen atoms in total. The summed E-state index contributed by atoms with van der Waals surface area (Å²) in [5.74, 6) is 1.22. The van der Waals surface area contributed by atoms with Crippen molar-refractivity contribution >= 4 is 28.3 Å². The van der Waals surface area contributed by atoms with Gasteiger partial charge in [0.05, 0.1) is 22.4 Å². The fourth-order valence-corrected chi connectivity index (χ4v) is 3.00. The minimum atomic E-state index is 0.148. The molecule has 1 heterocycles. The quantitative estimate of drug-likeness (QED) is 0.889. The molecule has 0 bridgehead atoms. The number of amides is 1. The van der Waals surface area contributed by atoms with Crippen LogP contribution < -0.4 is 10.2 Å². The van der Waals surface area contributed by atoms with Crippen molar-refractivity contribution in [3.8, 4) is 0 Å². The van der Waals surface area contributed by atoms with Gasteiger partial charge in [0.1, 0.15) is 5.82 Å². The monoisotopic (exact) mass is 300 g/mol. The van der Waals surface area contributed by atoms with E-state index in [1.807, 2.05) is 13.0 Å². The second kappa shape index (κ2) is 5.99. The van der Waals surface area contributed by atoms with E-state index in [0.29, 0.717) is 0 Å². The number of H-pyrrole nitrogens is 1. The zero-order valence-corrected chi connectivity index (χ0v) is 13.6. The summed E-state index contributed by atoms with van der Waals surface area (Å²) in [6.07, 6.45) is 3.19. The van der Waals surface area contributed by atoms with Gasteiger partial charge in [0.25, 0.3) is 0 Å². The number of carbonyl (C=O) groups is 1. The second-order valence-electron chi connectivity index (χ2n) is 6.00. The van der Waals surface area contributed by atoms with Crippen molar-refractivity contribution in [1.29, 1.82) is 0 Å². The third-order valence-electron chi connectivity index (χ3n) is 4.56.